The Morgan fingerprint density at radius 1 is 1.20 bits per heavy atom. The lowest BCUT2D eigenvalue weighted by Gasteiger charge is -2.18. The maximum Gasteiger partial charge on any atom is 0.271 e. The van der Waals surface area contributed by atoms with Gasteiger partial charge in [0.1, 0.15) is 0 Å². The molecule has 0 spiro atoms. The Morgan fingerprint density at radius 3 is 2.45 bits per heavy atom. The maximum absolute atomic E-state index is 11.9. The zero-order chi connectivity index (χ0) is 14.6. The summed E-state index contributed by atoms with van der Waals surface area (Å²) in [5.41, 5.74) is 5.42. The number of carbonyl (C=O) groups excluding carboxylic acids is 1. The standard InChI is InChI=1S/C16H18N2OS/c1-16(2,3)14-6-4-13(5-7-14)15(19)18-17-10-12-8-9-20-11-12/h4-11H,1-3H3,(H,18,19)/b17-10+. The summed E-state index contributed by atoms with van der Waals surface area (Å²) in [5, 5.41) is 7.88. The van der Waals surface area contributed by atoms with Crippen molar-refractivity contribution >= 4 is 23.5 Å². The first kappa shape index (κ1) is 14.5. The Labute approximate surface area is 123 Å². The van der Waals surface area contributed by atoms with E-state index in [0.29, 0.717) is 5.56 Å². The maximum atomic E-state index is 11.9. The van der Waals surface area contributed by atoms with Gasteiger partial charge in [0.2, 0.25) is 0 Å². The van der Waals surface area contributed by atoms with E-state index in [9.17, 15) is 4.79 Å². The average Bonchev–Trinajstić information content (AvgIpc) is 2.91. The molecule has 1 amide bonds. The van der Waals surface area contributed by atoms with E-state index in [4.69, 9.17) is 0 Å². The van der Waals surface area contributed by atoms with E-state index in [1.807, 2.05) is 41.1 Å². The molecule has 3 nitrogen and oxygen atoms in total. The molecule has 0 bridgehead atoms. The lowest BCUT2D eigenvalue weighted by Crippen LogP contribution is -2.18. The molecule has 0 radical (unpaired) electrons. The van der Waals surface area contributed by atoms with Gasteiger partial charge in [0.25, 0.3) is 5.91 Å². The van der Waals surface area contributed by atoms with E-state index < -0.39 is 0 Å². The summed E-state index contributed by atoms with van der Waals surface area (Å²) in [6, 6.07) is 9.57. The van der Waals surface area contributed by atoms with Crippen LogP contribution < -0.4 is 5.43 Å². The molecule has 0 saturated heterocycles. The molecule has 1 aromatic carbocycles. The van der Waals surface area contributed by atoms with Gasteiger partial charge in [-0.15, -0.1) is 0 Å². The summed E-state index contributed by atoms with van der Waals surface area (Å²) in [5.74, 6) is -0.197. The Kier molecular flexibility index (Phi) is 4.35. The molecule has 0 aliphatic heterocycles. The minimum absolute atomic E-state index is 0.0894. The van der Waals surface area contributed by atoms with Crippen LogP contribution in [0.3, 0.4) is 0 Å². The van der Waals surface area contributed by atoms with E-state index in [1.54, 1.807) is 17.6 Å². The summed E-state index contributed by atoms with van der Waals surface area (Å²) in [6.45, 7) is 6.44. The molecule has 1 aromatic heterocycles. The van der Waals surface area contributed by atoms with Gasteiger partial charge in [0.15, 0.2) is 0 Å². The first-order valence-electron chi connectivity index (χ1n) is 6.43. The molecule has 1 heterocycles. The third-order valence-corrected chi connectivity index (χ3v) is 3.64. The summed E-state index contributed by atoms with van der Waals surface area (Å²) in [6.07, 6.45) is 1.64. The number of rotatable bonds is 3. The number of thiophene rings is 1. The molecule has 2 aromatic rings. The molecule has 0 fully saturated rings. The number of benzene rings is 1. The van der Waals surface area contributed by atoms with Crippen molar-refractivity contribution < 1.29 is 4.79 Å². The third-order valence-electron chi connectivity index (χ3n) is 2.94. The van der Waals surface area contributed by atoms with E-state index in [0.717, 1.165) is 5.56 Å². The molecule has 104 valence electrons. The van der Waals surface area contributed by atoms with Crippen LogP contribution in [-0.4, -0.2) is 12.1 Å². The SMILES string of the molecule is CC(C)(C)c1ccc(C(=O)N/N=C/c2ccsc2)cc1. The quantitative estimate of drug-likeness (QED) is 0.676. The van der Waals surface area contributed by atoms with Crippen molar-refractivity contribution in [1.29, 1.82) is 0 Å². The predicted octanol–water partition coefficient (Wildman–Crippen LogP) is 3.81. The number of hydrogen-bond donors (Lipinski definition) is 1. The van der Waals surface area contributed by atoms with Crippen LogP contribution in [0.25, 0.3) is 0 Å². The summed E-state index contributed by atoms with van der Waals surface area (Å²) in [7, 11) is 0. The first-order valence-corrected chi connectivity index (χ1v) is 7.37. The highest BCUT2D eigenvalue weighted by Gasteiger charge is 2.13. The van der Waals surface area contributed by atoms with E-state index in [1.165, 1.54) is 5.56 Å². The molecule has 0 aliphatic rings. The van der Waals surface area contributed by atoms with Crippen LogP contribution in [0.5, 0.6) is 0 Å². The van der Waals surface area contributed by atoms with Gasteiger partial charge in [-0.25, -0.2) is 5.43 Å². The van der Waals surface area contributed by atoms with Crippen LogP contribution in [0, 0.1) is 0 Å². The zero-order valence-corrected chi connectivity index (χ0v) is 12.7. The number of hydrogen-bond acceptors (Lipinski definition) is 3. The van der Waals surface area contributed by atoms with E-state index in [2.05, 4.69) is 31.3 Å². The Balaban J connectivity index is 1.99. The number of nitrogens with zero attached hydrogens (tertiary/aromatic N) is 1. The largest absolute Gasteiger partial charge is 0.271 e. The number of hydrazone groups is 1. The second-order valence-electron chi connectivity index (χ2n) is 5.58. The zero-order valence-electron chi connectivity index (χ0n) is 11.9. The van der Waals surface area contributed by atoms with Crippen LogP contribution in [0.15, 0.2) is 46.2 Å². The van der Waals surface area contributed by atoms with Gasteiger partial charge in [-0.05, 0) is 39.9 Å². The van der Waals surface area contributed by atoms with E-state index >= 15 is 0 Å². The Bertz CT molecular complexity index is 592. The Morgan fingerprint density at radius 2 is 1.90 bits per heavy atom. The minimum atomic E-state index is -0.197. The number of carbonyl (C=O) groups is 1. The molecule has 20 heavy (non-hydrogen) atoms. The van der Waals surface area contributed by atoms with Crippen molar-refractivity contribution in [3.63, 3.8) is 0 Å². The highest BCUT2D eigenvalue weighted by atomic mass is 32.1. The van der Waals surface area contributed by atoms with Crippen molar-refractivity contribution in [1.82, 2.24) is 5.43 Å². The fourth-order valence-corrected chi connectivity index (χ4v) is 2.31. The van der Waals surface area contributed by atoms with Crippen LogP contribution in [0.2, 0.25) is 0 Å². The molecule has 0 atom stereocenters. The van der Waals surface area contributed by atoms with Crippen LogP contribution in [0.1, 0.15) is 42.3 Å². The molecular weight excluding hydrogens is 268 g/mol. The normalized spacial score (nSPS) is 11.8. The van der Waals surface area contributed by atoms with Crippen molar-refractivity contribution in [2.75, 3.05) is 0 Å². The van der Waals surface area contributed by atoms with Crippen molar-refractivity contribution in [2.24, 2.45) is 5.10 Å². The fourth-order valence-electron chi connectivity index (χ4n) is 1.70. The summed E-state index contributed by atoms with van der Waals surface area (Å²) >= 11 is 1.59. The average molecular weight is 286 g/mol. The number of amides is 1. The second kappa shape index (κ2) is 6.01. The topological polar surface area (TPSA) is 41.5 Å². The lowest BCUT2D eigenvalue weighted by molar-refractivity contribution is 0.0955. The highest BCUT2D eigenvalue weighted by molar-refractivity contribution is 7.08. The van der Waals surface area contributed by atoms with Gasteiger partial charge in [-0.1, -0.05) is 32.9 Å². The molecule has 1 N–H and O–H groups in total. The predicted molar refractivity (Wildman–Crippen MR) is 84.5 cm³/mol. The molecule has 0 aliphatic carbocycles. The highest BCUT2D eigenvalue weighted by Crippen LogP contribution is 2.22. The monoisotopic (exact) mass is 286 g/mol. The van der Waals surface area contributed by atoms with Crippen LogP contribution in [-0.2, 0) is 5.41 Å². The summed E-state index contributed by atoms with van der Waals surface area (Å²) < 4.78 is 0. The van der Waals surface area contributed by atoms with Crippen molar-refractivity contribution in [2.45, 2.75) is 26.2 Å². The Hall–Kier alpha value is -1.94. The molecule has 0 unspecified atom stereocenters. The van der Waals surface area contributed by atoms with Crippen molar-refractivity contribution in [3.8, 4) is 0 Å². The van der Waals surface area contributed by atoms with Gasteiger partial charge in [-0.2, -0.15) is 16.4 Å². The summed E-state index contributed by atoms with van der Waals surface area (Å²) in [4.78, 5) is 11.9. The lowest BCUT2D eigenvalue weighted by atomic mass is 9.87. The third kappa shape index (κ3) is 3.78. The van der Waals surface area contributed by atoms with Crippen LogP contribution in [0.4, 0.5) is 0 Å². The fraction of sp³-hybridized carbons (Fsp3) is 0.250. The van der Waals surface area contributed by atoms with Gasteiger partial charge in [-0.3, -0.25) is 4.79 Å². The first-order chi connectivity index (χ1) is 9.47. The molecule has 4 heteroatoms. The molecule has 0 saturated carbocycles. The molecule has 2 rings (SSSR count). The smallest absolute Gasteiger partial charge is 0.267 e. The van der Waals surface area contributed by atoms with Gasteiger partial charge < -0.3 is 0 Å². The van der Waals surface area contributed by atoms with Crippen molar-refractivity contribution in [3.05, 3.63) is 57.8 Å². The molecular formula is C16H18N2OS. The second-order valence-corrected chi connectivity index (χ2v) is 6.36. The van der Waals surface area contributed by atoms with Gasteiger partial charge in [0, 0.05) is 11.1 Å². The number of nitrogens with one attached hydrogen (secondary N) is 1. The van der Waals surface area contributed by atoms with Gasteiger partial charge >= 0.3 is 0 Å². The van der Waals surface area contributed by atoms with Gasteiger partial charge in [0.05, 0.1) is 6.21 Å². The minimum Gasteiger partial charge on any atom is -0.267 e. The van der Waals surface area contributed by atoms with Crippen LogP contribution >= 0.6 is 11.3 Å². The van der Waals surface area contributed by atoms with E-state index in [-0.39, 0.29) is 11.3 Å².